The highest BCUT2D eigenvalue weighted by Crippen LogP contribution is 2.37. The van der Waals surface area contributed by atoms with E-state index in [0.717, 1.165) is 11.3 Å². The van der Waals surface area contributed by atoms with Crippen LogP contribution in [-0.4, -0.2) is 32.3 Å². The first kappa shape index (κ1) is 11.2. The summed E-state index contributed by atoms with van der Waals surface area (Å²) in [6.45, 7) is 3.98. The molecule has 6 heteroatoms. The molecular formula is C10H13N3O2S. The monoisotopic (exact) mass is 239 g/mol. The summed E-state index contributed by atoms with van der Waals surface area (Å²) >= 11 is 1.60. The van der Waals surface area contributed by atoms with Gasteiger partial charge in [0.1, 0.15) is 5.82 Å². The zero-order valence-corrected chi connectivity index (χ0v) is 9.48. The minimum absolute atomic E-state index is 0.00875. The molecule has 2 atom stereocenters. The van der Waals surface area contributed by atoms with Crippen LogP contribution in [0.3, 0.4) is 0 Å². The predicted octanol–water partition coefficient (Wildman–Crippen LogP) is 0.0305. The van der Waals surface area contributed by atoms with Gasteiger partial charge in [-0.25, -0.2) is 4.79 Å². The molecule has 1 aromatic heterocycles. The number of nitrogen functional groups attached to an aromatic ring is 1. The molecule has 3 N–H and O–H groups in total. The molecule has 0 aliphatic carbocycles. The lowest BCUT2D eigenvalue weighted by Crippen LogP contribution is -2.28. The lowest BCUT2D eigenvalue weighted by Gasteiger charge is -2.15. The Hall–Kier alpha value is -1.27. The fourth-order valence-electron chi connectivity index (χ4n) is 1.73. The van der Waals surface area contributed by atoms with Crippen LogP contribution in [0.5, 0.6) is 0 Å². The molecule has 0 amide bonds. The van der Waals surface area contributed by atoms with E-state index in [1.165, 1.54) is 4.57 Å². The number of hydrogen-bond donors (Lipinski definition) is 2. The number of aromatic nitrogens is 2. The molecule has 0 saturated carbocycles. The van der Waals surface area contributed by atoms with Crippen LogP contribution >= 0.6 is 11.8 Å². The highest BCUT2D eigenvalue weighted by Gasteiger charge is 2.30. The maximum atomic E-state index is 11.6. The van der Waals surface area contributed by atoms with Crippen molar-refractivity contribution in [3.63, 3.8) is 0 Å². The topological polar surface area (TPSA) is 81.1 Å². The highest BCUT2D eigenvalue weighted by molar-refractivity contribution is 8.00. The molecule has 1 aromatic rings. The van der Waals surface area contributed by atoms with Crippen molar-refractivity contribution in [3.8, 4) is 0 Å². The Kier molecular flexibility index (Phi) is 3.02. The number of aliphatic hydroxyl groups excluding tert-OH is 1. The van der Waals surface area contributed by atoms with Gasteiger partial charge in [-0.2, -0.15) is 4.98 Å². The Balaban J connectivity index is 2.32. The number of nitrogens with zero attached hydrogens (tertiary/aromatic N) is 2. The molecule has 2 rings (SSSR count). The fourth-order valence-corrected chi connectivity index (χ4v) is 2.99. The third-order valence-corrected chi connectivity index (χ3v) is 4.01. The van der Waals surface area contributed by atoms with Crippen molar-refractivity contribution in [3.05, 3.63) is 34.9 Å². The number of hydrogen-bond acceptors (Lipinski definition) is 5. The fraction of sp³-hybridized carbons (Fsp3) is 0.400. The molecule has 1 fully saturated rings. The van der Waals surface area contributed by atoms with Crippen molar-refractivity contribution in [2.75, 3.05) is 18.1 Å². The third kappa shape index (κ3) is 1.85. The summed E-state index contributed by atoms with van der Waals surface area (Å²) in [5, 5.41) is 9.12. The van der Waals surface area contributed by atoms with Gasteiger partial charge in [0.05, 0.1) is 17.9 Å². The maximum Gasteiger partial charge on any atom is 0.350 e. The Morgan fingerprint density at radius 1 is 1.75 bits per heavy atom. The number of aliphatic hydroxyl groups is 1. The van der Waals surface area contributed by atoms with Crippen LogP contribution in [0, 0.1) is 0 Å². The first-order chi connectivity index (χ1) is 7.63. The smallest absolute Gasteiger partial charge is 0.350 e. The van der Waals surface area contributed by atoms with Crippen molar-refractivity contribution in [1.82, 2.24) is 9.55 Å². The quantitative estimate of drug-likeness (QED) is 0.712. The second kappa shape index (κ2) is 4.31. The lowest BCUT2D eigenvalue weighted by atomic mass is 10.1. The van der Waals surface area contributed by atoms with E-state index < -0.39 is 0 Å². The summed E-state index contributed by atoms with van der Waals surface area (Å²) in [7, 11) is 0. The van der Waals surface area contributed by atoms with Crippen LogP contribution in [0.4, 0.5) is 5.82 Å². The zero-order valence-electron chi connectivity index (χ0n) is 8.67. The Labute approximate surface area is 97.0 Å². The van der Waals surface area contributed by atoms with Gasteiger partial charge in [-0.1, -0.05) is 6.58 Å². The Morgan fingerprint density at radius 3 is 3.06 bits per heavy atom. The standard InChI is InChI=1S/C10H13N3O2S/c1-6-7(5-16-8(6)4-14)13-3-2-9(11)12-10(13)15/h2-3,7-8,14H,1,4-5H2,(H2,11,12,15)/t7-,8+/m1/s1. The molecule has 1 aliphatic rings. The second-order valence-electron chi connectivity index (χ2n) is 3.64. The summed E-state index contributed by atoms with van der Waals surface area (Å²) in [4.78, 5) is 15.3. The summed E-state index contributed by atoms with van der Waals surface area (Å²) in [6.07, 6.45) is 1.63. The molecule has 0 aromatic carbocycles. The minimum atomic E-state index is -0.370. The van der Waals surface area contributed by atoms with Crippen LogP contribution in [0.25, 0.3) is 0 Å². The highest BCUT2D eigenvalue weighted by atomic mass is 32.2. The van der Waals surface area contributed by atoms with Crippen LogP contribution in [0.15, 0.2) is 29.2 Å². The zero-order chi connectivity index (χ0) is 11.7. The summed E-state index contributed by atoms with van der Waals surface area (Å²) in [5.41, 5.74) is 5.91. The summed E-state index contributed by atoms with van der Waals surface area (Å²) in [6, 6.07) is 1.49. The molecule has 2 heterocycles. The minimum Gasteiger partial charge on any atom is -0.395 e. The van der Waals surface area contributed by atoms with Gasteiger partial charge in [-0.15, -0.1) is 11.8 Å². The second-order valence-corrected chi connectivity index (χ2v) is 4.87. The summed E-state index contributed by atoms with van der Waals surface area (Å²) in [5.74, 6) is 0.950. The average Bonchev–Trinajstić information content (AvgIpc) is 2.60. The largest absolute Gasteiger partial charge is 0.395 e. The molecule has 0 unspecified atom stereocenters. The maximum absolute atomic E-state index is 11.6. The van der Waals surface area contributed by atoms with E-state index in [0.29, 0.717) is 0 Å². The Morgan fingerprint density at radius 2 is 2.50 bits per heavy atom. The van der Waals surface area contributed by atoms with Gasteiger partial charge in [-0.05, 0) is 11.6 Å². The van der Waals surface area contributed by atoms with Crippen LogP contribution < -0.4 is 11.4 Å². The normalized spacial score (nSPS) is 24.9. The molecule has 16 heavy (non-hydrogen) atoms. The van der Waals surface area contributed by atoms with Crippen molar-refractivity contribution >= 4 is 17.6 Å². The SMILES string of the molecule is C=C1[C@H](CO)SC[C@H]1n1ccc(N)nc1=O. The molecule has 0 spiro atoms. The van der Waals surface area contributed by atoms with E-state index in [4.69, 9.17) is 10.8 Å². The van der Waals surface area contributed by atoms with Crippen LogP contribution in [0.1, 0.15) is 6.04 Å². The van der Waals surface area contributed by atoms with E-state index in [1.54, 1.807) is 24.0 Å². The van der Waals surface area contributed by atoms with E-state index >= 15 is 0 Å². The third-order valence-electron chi connectivity index (χ3n) is 2.65. The summed E-state index contributed by atoms with van der Waals surface area (Å²) < 4.78 is 1.52. The van der Waals surface area contributed by atoms with Crippen molar-refractivity contribution in [2.45, 2.75) is 11.3 Å². The first-order valence-corrected chi connectivity index (χ1v) is 5.94. The Bertz CT molecular complexity index is 471. The lowest BCUT2D eigenvalue weighted by molar-refractivity contribution is 0.302. The van der Waals surface area contributed by atoms with E-state index in [2.05, 4.69) is 11.6 Å². The molecule has 1 aliphatic heterocycles. The van der Waals surface area contributed by atoms with Gasteiger partial charge in [0.25, 0.3) is 0 Å². The van der Waals surface area contributed by atoms with Crippen molar-refractivity contribution < 1.29 is 5.11 Å². The molecule has 1 saturated heterocycles. The number of thioether (sulfide) groups is 1. The first-order valence-electron chi connectivity index (χ1n) is 4.89. The number of anilines is 1. The molecule has 5 nitrogen and oxygen atoms in total. The number of rotatable bonds is 2. The molecular weight excluding hydrogens is 226 g/mol. The number of nitrogens with two attached hydrogens (primary N) is 1. The van der Waals surface area contributed by atoms with E-state index in [9.17, 15) is 4.79 Å². The predicted molar refractivity (Wildman–Crippen MR) is 64.4 cm³/mol. The van der Waals surface area contributed by atoms with Gasteiger partial charge in [0.2, 0.25) is 0 Å². The van der Waals surface area contributed by atoms with Crippen molar-refractivity contribution in [2.24, 2.45) is 0 Å². The van der Waals surface area contributed by atoms with Gasteiger partial charge in [-0.3, -0.25) is 4.57 Å². The average molecular weight is 239 g/mol. The van der Waals surface area contributed by atoms with Gasteiger partial charge in [0, 0.05) is 11.9 Å². The molecule has 86 valence electrons. The van der Waals surface area contributed by atoms with E-state index in [1.807, 2.05) is 0 Å². The molecule has 0 radical (unpaired) electrons. The van der Waals surface area contributed by atoms with Crippen molar-refractivity contribution in [1.29, 1.82) is 0 Å². The van der Waals surface area contributed by atoms with E-state index in [-0.39, 0.29) is 29.4 Å². The molecule has 0 bridgehead atoms. The van der Waals surface area contributed by atoms with Crippen LogP contribution in [0.2, 0.25) is 0 Å². The van der Waals surface area contributed by atoms with Gasteiger partial charge >= 0.3 is 5.69 Å². The van der Waals surface area contributed by atoms with Gasteiger partial charge < -0.3 is 10.8 Å². The van der Waals surface area contributed by atoms with Crippen LogP contribution in [-0.2, 0) is 0 Å². The van der Waals surface area contributed by atoms with Gasteiger partial charge in [0.15, 0.2) is 0 Å².